The van der Waals surface area contributed by atoms with Gasteiger partial charge in [0, 0.05) is 12.6 Å². The lowest BCUT2D eigenvalue weighted by atomic mass is 9.92. The molecular formula is C10H19NO. The van der Waals surface area contributed by atoms with Crippen molar-refractivity contribution in [2.45, 2.75) is 44.2 Å². The molecule has 2 nitrogen and oxygen atoms in total. The highest BCUT2D eigenvalue weighted by molar-refractivity contribution is 5.06. The Bertz CT molecular complexity index is 183. The van der Waals surface area contributed by atoms with Crippen molar-refractivity contribution in [2.75, 3.05) is 7.11 Å². The minimum atomic E-state index is 0.125. The van der Waals surface area contributed by atoms with Crippen LogP contribution in [-0.2, 0) is 4.74 Å². The summed E-state index contributed by atoms with van der Waals surface area (Å²) < 4.78 is 5.37. The van der Waals surface area contributed by atoms with Crippen LogP contribution in [0.5, 0.6) is 0 Å². The fourth-order valence-corrected chi connectivity index (χ4v) is 3.20. The minimum absolute atomic E-state index is 0.125. The zero-order chi connectivity index (χ0) is 8.77. The summed E-state index contributed by atoms with van der Waals surface area (Å²) in [6.45, 7) is 2.31. The molecule has 70 valence electrons. The fraction of sp³-hybridized carbons (Fsp3) is 1.00. The van der Waals surface area contributed by atoms with Crippen LogP contribution in [0.1, 0.15) is 32.6 Å². The van der Waals surface area contributed by atoms with Gasteiger partial charge in [-0.2, -0.15) is 0 Å². The van der Waals surface area contributed by atoms with Crippen molar-refractivity contribution in [1.82, 2.24) is 0 Å². The Labute approximate surface area is 74.5 Å². The number of fused-ring (bicyclic) bond motifs is 1. The van der Waals surface area contributed by atoms with Crippen LogP contribution in [0.25, 0.3) is 0 Å². The maximum absolute atomic E-state index is 6.34. The zero-order valence-corrected chi connectivity index (χ0v) is 8.05. The Morgan fingerprint density at radius 3 is 2.67 bits per heavy atom. The summed E-state index contributed by atoms with van der Waals surface area (Å²) in [5, 5.41) is 0. The maximum atomic E-state index is 6.34. The van der Waals surface area contributed by atoms with Crippen molar-refractivity contribution < 1.29 is 4.74 Å². The normalized spacial score (nSPS) is 52.8. The smallest absolute Gasteiger partial charge is 0.0592 e. The number of hydrogen-bond acceptors (Lipinski definition) is 2. The first kappa shape index (κ1) is 8.52. The van der Waals surface area contributed by atoms with E-state index in [1.165, 1.54) is 19.3 Å². The fourth-order valence-electron chi connectivity index (χ4n) is 3.20. The summed E-state index contributed by atoms with van der Waals surface area (Å²) in [7, 11) is 1.80. The number of rotatable bonds is 1. The van der Waals surface area contributed by atoms with Gasteiger partial charge in [0.25, 0.3) is 0 Å². The first-order valence-corrected chi connectivity index (χ1v) is 4.96. The Hall–Kier alpha value is -0.0800. The van der Waals surface area contributed by atoms with E-state index in [1.807, 2.05) is 0 Å². The van der Waals surface area contributed by atoms with Gasteiger partial charge in [-0.05, 0) is 37.5 Å². The van der Waals surface area contributed by atoms with Gasteiger partial charge in [-0.15, -0.1) is 0 Å². The molecule has 2 fully saturated rings. The van der Waals surface area contributed by atoms with Crippen LogP contribution in [0.15, 0.2) is 0 Å². The highest BCUT2D eigenvalue weighted by Gasteiger charge is 2.49. The van der Waals surface area contributed by atoms with E-state index in [2.05, 4.69) is 6.92 Å². The second-order valence-electron chi connectivity index (χ2n) is 4.77. The highest BCUT2D eigenvalue weighted by Crippen LogP contribution is 2.48. The van der Waals surface area contributed by atoms with E-state index < -0.39 is 0 Å². The molecule has 2 N–H and O–H groups in total. The third kappa shape index (κ3) is 1.17. The summed E-state index contributed by atoms with van der Waals surface area (Å²) >= 11 is 0. The molecule has 2 heteroatoms. The minimum Gasteiger partial charge on any atom is -0.381 e. The van der Waals surface area contributed by atoms with Gasteiger partial charge in [0.05, 0.1) is 6.10 Å². The van der Waals surface area contributed by atoms with Gasteiger partial charge in [0.15, 0.2) is 0 Å². The molecule has 0 heterocycles. The summed E-state index contributed by atoms with van der Waals surface area (Å²) in [4.78, 5) is 0. The van der Waals surface area contributed by atoms with Crippen LogP contribution in [0.2, 0.25) is 0 Å². The van der Waals surface area contributed by atoms with Crippen LogP contribution >= 0.6 is 0 Å². The summed E-state index contributed by atoms with van der Waals surface area (Å²) in [6, 6.07) is 0. The topological polar surface area (TPSA) is 35.2 Å². The molecule has 0 saturated heterocycles. The summed E-state index contributed by atoms with van der Waals surface area (Å²) in [6.07, 6.45) is 5.23. The third-order valence-electron chi connectivity index (χ3n) is 3.72. The molecule has 2 saturated carbocycles. The Morgan fingerprint density at radius 1 is 1.33 bits per heavy atom. The Balaban J connectivity index is 2.07. The average molecular weight is 169 g/mol. The molecule has 0 aromatic carbocycles. The van der Waals surface area contributed by atoms with Crippen molar-refractivity contribution >= 4 is 0 Å². The second kappa shape index (κ2) is 2.71. The Kier molecular flexibility index (Phi) is 1.92. The van der Waals surface area contributed by atoms with Crippen LogP contribution in [0, 0.1) is 11.8 Å². The van der Waals surface area contributed by atoms with Crippen LogP contribution in [0.3, 0.4) is 0 Å². The van der Waals surface area contributed by atoms with Gasteiger partial charge in [0.1, 0.15) is 0 Å². The van der Waals surface area contributed by atoms with E-state index >= 15 is 0 Å². The molecule has 0 spiro atoms. The van der Waals surface area contributed by atoms with Gasteiger partial charge in [-0.1, -0.05) is 6.92 Å². The largest absolute Gasteiger partial charge is 0.381 e. The third-order valence-corrected chi connectivity index (χ3v) is 3.72. The summed E-state index contributed by atoms with van der Waals surface area (Å²) in [5.41, 5.74) is 6.47. The molecule has 0 aromatic rings. The molecule has 12 heavy (non-hydrogen) atoms. The highest BCUT2D eigenvalue weighted by atomic mass is 16.5. The number of nitrogens with two attached hydrogens (primary N) is 1. The zero-order valence-electron chi connectivity index (χ0n) is 8.05. The van der Waals surface area contributed by atoms with E-state index in [4.69, 9.17) is 10.5 Å². The molecule has 2 aliphatic carbocycles. The first-order chi connectivity index (χ1) is 5.64. The van der Waals surface area contributed by atoms with Crippen molar-refractivity contribution in [2.24, 2.45) is 17.6 Å². The monoisotopic (exact) mass is 169 g/mol. The van der Waals surface area contributed by atoms with Crippen molar-refractivity contribution in [3.63, 3.8) is 0 Å². The lowest BCUT2D eigenvalue weighted by Gasteiger charge is -2.23. The van der Waals surface area contributed by atoms with E-state index in [1.54, 1.807) is 7.11 Å². The second-order valence-corrected chi connectivity index (χ2v) is 4.77. The van der Waals surface area contributed by atoms with Gasteiger partial charge in [-0.25, -0.2) is 0 Å². The quantitative estimate of drug-likeness (QED) is 0.646. The van der Waals surface area contributed by atoms with Gasteiger partial charge in [0.2, 0.25) is 0 Å². The number of methoxy groups -OCH3 is 1. The van der Waals surface area contributed by atoms with Crippen molar-refractivity contribution in [1.29, 1.82) is 0 Å². The molecule has 2 rings (SSSR count). The summed E-state index contributed by atoms with van der Waals surface area (Å²) in [5.74, 6) is 1.57. The molecule has 2 aliphatic rings. The molecule has 0 aliphatic heterocycles. The van der Waals surface area contributed by atoms with E-state index in [9.17, 15) is 0 Å². The van der Waals surface area contributed by atoms with Crippen molar-refractivity contribution in [3.8, 4) is 0 Å². The molecule has 0 bridgehead atoms. The van der Waals surface area contributed by atoms with Crippen molar-refractivity contribution in [3.05, 3.63) is 0 Å². The first-order valence-electron chi connectivity index (χ1n) is 4.96. The van der Waals surface area contributed by atoms with Crippen LogP contribution < -0.4 is 5.73 Å². The maximum Gasteiger partial charge on any atom is 0.0592 e. The molecule has 0 radical (unpaired) electrons. The SMILES string of the molecule is COC1C[C@@H]2CC(C)C[C@]2(N)C1. The molecule has 4 atom stereocenters. The van der Waals surface area contributed by atoms with E-state index in [0.29, 0.717) is 6.10 Å². The van der Waals surface area contributed by atoms with Gasteiger partial charge >= 0.3 is 0 Å². The van der Waals surface area contributed by atoms with Crippen LogP contribution in [0.4, 0.5) is 0 Å². The van der Waals surface area contributed by atoms with Gasteiger partial charge in [-0.3, -0.25) is 0 Å². The van der Waals surface area contributed by atoms with E-state index in [0.717, 1.165) is 18.3 Å². The molecule has 2 unspecified atom stereocenters. The standard InChI is InChI=1S/C10H19NO/c1-7-3-8-4-9(12-2)6-10(8,11)5-7/h7-9H,3-6,11H2,1-2H3/t7?,8-,9?,10-/m0/s1. The van der Waals surface area contributed by atoms with Gasteiger partial charge < -0.3 is 10.5 Å². The lowest BCUT2D eigenvalue weighted by molar-refractivity contribution is 0.0983. The van der Waals surface area contributed by atoms with Crippen LogP contribution in [-0.4, -0.2) is 18.8 Å². The predicted molar refractivity (Wildman–Crippen MR) is 48.8 cm³/mol. The molecular weight excluding hydrogens is 150 g/mol. The van der Waals surface area contributed by atoms with E-state index in [-0.39, 0.29) is 5.54 Å². The molecule has 0 amide bonds. The Morgan fingerprint density at radius 2 is 2.08 bits per heavy atom. The lowest BCUT2D eigenvalue weighted by Crippen LogP contribution is -2.39. The number of hydrogen-bond donors (Lipinski definition) is 1. The number of ether oxygens (including phenoxy) is 1. The predicted octanol–water partition coefficient (Wildman–Crippen LogP) is 1.54. The molecule has 0 aromatic heterocycles. The average Bonchev–Trinajstić information content (AvgIpc) is 2.38.